The second-order valence-corrected chi connectivity index (χ2v) is 5.34. The first-order valence-corrected chi connectivity index (χ1v) is 7.56. The van der Waals surface area contributed by atoms with Gasteiger partial charge in [0.15, 0.2) is 0 Å². The van der Waals surface area contributed by atoms with Crippen LogP contribution in [0, 0.1) is 0 Å². The van der Waals surface area contributed by atoms with Gasteiger partial charge in [0.2, 0.25) is 0 Å². The molecular formula is C15H24BrN. The maximum Gasteiger partial charge on any atom is 0.0331 e. The topological polar surface area (TPSA) is 12.0 Å². The molecule has 1 atom stereocenters. The van der Waals surface area contributed by atoms with Gasteiger partial charge in [0.25, 0.3) is 0 Å². The van der Waals surface area contributed by atoms with Gasteiger partial charge < -0.3 is 5.32 Å². The first-order chi connectivity index (χ1) is 8.29. The van der Waals surface area contributed by atoms with Crippen LogP contribution in [0.1, 0.15) is 57.6 Å². The number of halogens is 1. The fourth-order valence-electron chi connectivity index (χ4n) is 2.15. The molecule has 1 unspecified atom stereocenters. The van der Waals surface area contributed by atoms with E-state index in [1.54, 1.807) is 0 Å². The molecule has 0 aliphatic heterocycles. The zero-order valence-electron chi connectivity index (χ0n) is 11.0. The molecule has 17 heavy (non-hydrogen) atoms. The van der Waals surface area contributed by atoms with Crippen molar-refractivity contribution in [2.24, 2.45) is 0 Å². The molecule has 0 amide bonds. The summed E-state index contributed by atoms with van der Waals surface area (Å²) >= 11 is 3.65. The van der Waals surface area contributed by atoms with Crippen LogP contribution in [0.3, 0.4) is 0 Å². The monoisotopic (exact) mass is 297 g/mol. The molecule has 0 spiro atoms. The lowest BCUT2D eigenvalue weighted by Gasteiger charge is -2.19. The Bertz CT molecular complexity index is 312. The van der Waals surface area contributed by atoms with Gasteiger partial charge in [-0.1, -0.05) is 73.7 Å². The van der Waals surface area contributed by atoms with Gasteiger partial charge in [-0.15, -0.1) is 0 Å². The molecule has 96 valence electrons. The van der Waals surface area contributed by atoms with Crippen molar-refractivity contribution in [3.63, 3.8) is 0 Å². The Morgan fingerprint density at radius 3 is 2.53 bits per heavy atom. The number of hydrogen-bond acceptors (Lipinski definition) is 1. The van der Waals surface area contributed by atoms with E-state index in [9.17, 15) is 0 Å². The van der Waals surface area contributed by atoms with Crippen LogP contribution in [0.5, 0.6) is 0 Å². The molecule has 1 rings (SSSR count). The van der Waals surface area contributed by atoms with Crippen LogP contribution in [0.15, 0.2) is 28.7 Å². The fourth-order valence-corrected chi connectivity index (χ4v) is 2.71. The van der Waals surface area contributed by atoms with Gasteiger partial charge in [-0.25, -0.2) is 0 Å². The van der Waals surface area contributed by atoms with E-state index in [4.69, 9.17) is 0 Å². The Morgan fingerprint density at radius 1 is 1.12 bits per heavy atom. The summed E-state index contributed by atoms with van der Waals surface area (Å²) in [5.74, 6) is 0. The van der Waals surface area contributed by atoms with Gasteiger partial charge in [-0.3, -0.25) is 0 Å². The predicted molar refractivity (Wildman–Crippen MR) is 79.3 cm³/mol. The molecule has 1 aromatic rings. The van der Waals surface area contributed by atoms with E-state index < -0.39 is 0 Å². The minimum absolute atomic E-state index is 0.493. The summed E-state index contributed by atoms with van der Waals surface area (Å²) in [5.41, 5.74) is 1.39. The molecule has 0 aliphatic rings. The third-order valence-electron chi connectivity index (χ3n) is 3.08. The van der Waals surface area contributed by atoms with Crippen molar-refractivity contribution < 1.29 is 0 Å². The lowest BCUT2D eigenvalue weighted by atomic mass is 10.00. The summed E-state index contributed by atoms with van der Waals surface area (Å²) in [4.78, 5) is 0. The smallest absolute Gasteiger partial charge is 0.0331 e. The first kappa shape index (κ1) is 14.7. The van der Waals surface area contributed by atoms with Gasteiger partial charge in [0, 0.05) is 10.5 Å². The van der Waals surface area contributed by atoms with Gasteiger partial charge in [0.05, 0.1) is 0 Å². The van der Waals surface area contributed by atoms with Crippen molar-refractivity contribution in [2.75, 3.05) is 6.54 Å². The lowest BCUT2D eigenvalue weighted by Crippen LogP contribution is -2.21. The molecule has 1 aromatic carbocycles. The highest BCUT2D eigenvalue weighted by Gasteiger charge is 2.12. The van der Waals surface area contributed by atoms with E-state index in [1.807, 2.05) is 0 Å². The Hall–Kier alpha value is -0.340. The third-order valence-corrected chi connectivity index (χ3v) is 3.80. The zero-order chi connectivity index (χ0) is 12.5. The molecule has 1 nitrogen and oxygen atoms in total. The van der Waals surface area contributed by atoms with Crippen molar-refractivity contribution in [3.05, 3.63) is 34.3 Å². The second kappa shape index (κ2) is 8.71. The van der Waals surface area contributed by atoms with Crippen LogP contribution in [-0.2, 0) is 0 Å². The minimum atomic E-state index is 0.493. The van der Waals surface area contributed by atoms with E-state index >= 15 is 0 Å². The van der Waals surface area contributed by atoms with Crippen LogP contribution in [-0.4, -0.2) is 6.54 Å². The maximum atomic E-state index is 3.65. The maximum absolute atomic E-state index is 3.65. The molecule has 0 aromatic heterocycles. The van der Waals surface area contributed by atoms with Crippen molar-refractivity contribution in [1.29, 1.82) is 0 Å². The number of hydrogen-bond donors (Lipinski definition) is 1. The number of unbranched alkanes of at least 4 members (excludes halogenated alkanes) is 3. The molecular weight excluding hydrogens is 274 g/mol. The second-order valence-electron chi connectivity index (χ2n) is 4.48. The highest BCUT2D eigenvalue weighted by atomic mass is 79.9. The van der Waals surface area contributed by atoms with Crippen molar-refractivity contribution in [1.82, 2.24) is 5.32 Å². The lowest BCUT2D eigenvalue weighted by molar-refractivity contribution is 0.480. The summed E-state index contributed by atoms with van der Waals surface area (Å²) < 4.78 is 1.22. The summed E-state index contributed by atoms with van der Waals surface area (Å²) in [7, 11) is 0. The van der Waals surface area contributed by atoms with Gasteiger partial charge in [-0.05, 0) is 24.6 Å². The zero-order valence-corrected chi connectivity index (χ0v) is 12.6. The summed E-state index contributed by atoms with van der Waals surface area (Å²) in [6.07, 6.45) is 6.56. The molecule has 0 saturated carbocycles. The summed E-state index contributed by atoms with van der Waals surface area (Å²) in [6.45, 7) is 5.46. The van der Waals surface area contributed by atoms with E-state index in [1.165, 1.54) is 42.1 Å². The molecule has 0 heterocycles. The molecule has 0 aliphatic carbocycles. The van der Waals surface area contributed by atoms with Crippen molar-refractivity contribution in [3.8, 4) is 0 Å². The van der Waals surface area contributed by atoms with E-state index in [0.29, 0.717) is 6.04 Å². The molecule has 1 N–H and O–H groups in total. The van der Waals surface area contributed by atoms with E-state index in [-0.39, 0.29) is 0 Å². The minimum Gasteiger partial charge on any atom is -0.310 e. The van der Waals surface area contributed by atoms with E-state index in [0.717, 1.165) is 6.54 Å². The average Bonchev–Trinajstić information content (AvgIpc) is 2.34. The Labute approximate surface area is 114 Å². The SMILES string of the molecule is CCCCCCC(NCC)c1ccccc1Br. The number of nitrogens with one attached hydrogen (secondary N) is 1. The van der Waals surface area contributed by atoms with Crippen LogP contribution in [0.4, 0.5) is 0 Å². The summed E-state index contributed by atoms with van der Waals surface area (Å²) in [5, 5.41) is 3.59. The molecule has 0 saturated heterocycles. The number of benzene rings is 1. The van der Waals surface area contributed by atoms with Gasteiger partial charge in [0.1, 0.15) is 0 Å². The molecule has 2 heteroatoms. The third kappa shape index (κ3) is 5.22. The quantitative estimate of drug-likeness (QED) is 0.661. The Morgan fingerprint density at radius 2 is 1.88 bits per heavy atom. The van der Waals surface area contributed by atoms with E-state index in [2.05, 4.69) is 59.4 Å². The normalized spacial score (nSPS) is 12.6. The van der Waals surface area contributed by atoms with Crippen molar-refractivity contribution >= 4 is 15.9 Å². The largest absolute Gasteiger partial charge is 0.310 e. The Kier molecular flexibility index (Phi) is 7.54. The van der Waals surface area contributed by atoms with Crippen LogP contribution >= 0.6 is 15.9 Å². The molecule has 0 bridgehead atoms. The predicted octanol–water partition coefficient (Wildman–Crippen LogP) is 5.07. The highest BCUT2D eigenvalue weighted by Crippen LogP contribution is 2.27. The first-order valence-electron chi connectivity index (χ1n) is 6.77. The molecule has 0 radical (unpaired) electrons. The Balaban J connectivity index is 2.56. The highest BCUT2D eigenvalue weighted by molar-refractivity contribution is 9.10. The van der Waals surface area contributed by atoms with Gasteiger partial charge >= 0.3 is 0 Å². The number of rotatable bonds is 8. The molecule has 0 fully saturated rings. The fraction of sp³-hybridized carbons (Fsp3) is 0.600. The van der Waals surface area contributed by atoms with Crippen molar-refractivity contribution in [2.45, 2.75) is 52.0 Å². The van der Waals surface area contributed by atoms with Crippen LogP contribution in [0.25, 0.3) is 0 Å². The summed E-state index contributed by atoms with van der Waals surface area (Å²) in [6, 6.07) is 9.04. The standard InChI is InChI=1S/C15H24BrN/c1-3-5-6-7-12-15(17-4-2)13-10-8-9-11-14(13)16/h8-11,15,17H,3-7,12H2,1-2H3. The van der Waals surface area contributed by atoms with Gasteiger partial charge in [-0.2, -0.15) is 0 Å². The van der Waals surface area contributed by atoms with Crippen LogP contribution < -0.4 is 5.32 Å². The van der Waals surface area contributed by atoms with Crippen LogP contribution in [0.2, 0.25) is 0 Å². The average molecular weight is 298 g/mol.